The molecule has 10 N–H and O–H groups in total. The number of nitrogens with zero attached hydrogens (tertiary/aromatic N) is 6. The molecule has 93 heavy (non-hydrogen) atoms. The number of aromatic amines is 2. The molecular formula is C71H89ClN14O7. The van der Waals surface area contributed by atoms with Crippen LogP contribution in [0.4, 0.5) is 40.0 Å². The average molecular weight is 1290 g/mol. The molecule has 2 fully saturated rings. The van der Waals surface area contributed by atoms with E-state index in [9.17, 15) is 14.4 Å². The highest BCUT2D eigenvalue weighted by molar-refractivity contribution is 6.61. The second-order valence-corrected chi connectivity index (χ2v) is 24.9. The van der Waals surface area contributed by atoms with Crippen molar-refractivity contribution in [2.24, 2.45) is 29.2 Å². The third-order valence-corrected chi connectivity index (χ3v) is 17.6. The third kappa shape index (κ3) is 20.5. The number of nitrogens with two attached hydrogens (primary N) is 2. The topological polar surface area (TPSA) is 297 Å². The molecule has 13 rings (SSSR count). The lowest BCUT2D eigenvalue weighted by molar-refractivity contribution is -0.122. The summed E-state index contributed by atoms with van der Waals surface area (Å²) in [6.07, 6.45) is 16.9. The van der Waals surface area contributed by atoms with Gasteiger partial charge in [-0.1, -0.05) is 91.0 Å². The van der Waals surface area contributed by atoms with Gasteiger partial charge in [0.25, 0.3) is 0 Å². The molecule has 0 unspecified atom stereocenters. The number of carbonyl (C=O) groups excluding carboxylic acids is 3. The summed E-state index contributed by atoms with van der Waals surface area (Å²) in [7, 11) is 5.19. The smallest absolute Gasteiger partial charge is 0.409 e. The first-order valence-corrected chi connectivity index (χ1v) is 32.5. The average Bonchev–Trinajstić information content (AvgIpc) is 1.78. The summed E-state index contributed by atoms with van der Waals surface area (Å²) in [5, 5.41) is 27.3. The van der Waals surface area contributed by atoms with Gasteiger partial charge < -0.3 is 56.5 Å². The van der Waals surface area contributed by atoms with E-state index >= 15 is 0 Å². The number of ether oxygens (including phenoxy) is 4. The number of fused-ring (bicyclic) bond motifs is 3. The Morgan fingerprint density at radius 1 is 0.538 bits per heavy atom. The first-order valence-electron chi connectivity index (χ1n) is 32.1. The van der Waals surface area contributed by atoms with Gasteiger partial charge in [-0.3, -0.25) is 15.0 Å². The van der Waals surface area contributed by atoms with Crippen molar-refractivity contribution >= 4 is 63.8 Å². The van der Waals surface area contributed by atoms with Crippen LogP contribution < -0.4 is 37.5 Å². The zero-order valence-electron chi connectivity index (χ0n) is 54.0. The second kappa shape index (κ2) is 34.5. The zero-order chi connectivity index (χ0) is 65.6. The van der Waals surface area contributed by atoms with Crippen molar-refractivity contribution in [2.45, 2.75) is 153 Å². The Morgan fingerprint density at radius 2 is 0.978 bits per heavy atom. The van der Waals surface area contributed by atoms with Crippen molar-refractivity contribution < 1.29 is 33.3 Å². The van der Waals surface area contributed by atoms with Crippen LogP contribution in [0.1, 0.15) is 141 Å². The van der Waals surface area contributed by atoms with E-state index in [1.54, 1.807) is 64.9 Å². The Morgan fingerprint density at radius 3 is 1.43 bits per heavy atom. The van der Waals surface area contributed by atoms with E-state index in [0.717, 1.165) is 99.5 Å². The van der Waals surface area contributed by atoms with Crippen molar-refractivity contribution in [3.05, 3.63) is 185 Å². The minimum Gasteiger partial charge on any atom is -0.415 e. The number of para-hydroxylation sites is 1. The van der Waals surface area contributed by atoms with Gasteiger partial charge in [-0.05, 0) is 155 Å². The molecule has 2 saturated carbocycles. The molecule has 0 spiro atoms. The highest BCUT2D eigenvalue weighted by atomic mass is 35.5. The van der Waals surface area contributed by atoms with Crippen molar-refractivity contribution in [1.82, 2.24) is 40.3 Å². The molecule has 0 amide bonds. The maximum Gasteiger partial charge on any atom is 0.409 e. The van der Waals surface area contributed by atoms with Gasteiger partial charge in [0.1, 0.15) is 29.0 Å². The van der Waals surface area contributed by atoms with Crippen LogP contribution in [0.5, 0.6) is 5.75 Å². The van der Waals surface area contributed by atoms with Crippen molar-refractivity contribution in [3.8, 4) is 5.75 Å². The molecule has 0 aliphatic heterocycles. The first-order chi connectivity index (χ1) is 45.1. The van der Waals surface area contributed by atoms with E-state index in [1.807, 2.05) is 68.4 Å². The Balaban J connectivity index is 0.000000149. The predicted octanol–water partition coefficient (Wildman–Crippen LogP) is 13.3. The number of Topliss-reactive ketones (excluding diaryl/α,β-unsaturated/α-hetero) is 2. The fourth-order valence-corrected chi connectivity index (χ4v) is 13.3. The molecule has 0 saturated heterocycles. The van der Waals surface area contributed by atoms with Crippen LogP contribution in [0.15, 0.2) is 140 Å². The van der Waals surface area contributed by atoms with E-state index in [-0.39, 0.29) is 36.1 Å². The normalized spacial score (nSPS) is 22.2. The fourth-order valence-electron chi connectivity index (χ4n) is 13.2. The van der Waals surface area contributed by atoms with Gasteiger partial charge in [0.05, 0.1) is 18.3 Å². The van der Waals surface area contributed by atoms with Crippen LogP contribution in [0, 0.1) is 31.6 Å². The second-order valence-electron chi connectivity index (χ2n) is 24.6. The van der Waals surface area contributed by atoms with E-state index in [1.165, 1.54) is 33.4 Å². The number of ketones is 2. The number of hydrogen-bond acceptors (Lipinski definition) is 19. The SMILES string of the molecule is CO[C@H]1c2ccccc2C[C@H]1CC(=O)CC1CCC(Nc2nccc(Nc3cc(C)[nH]n3)n2)CC1.CO[C@H]1c2ccccc2C[C@H]1CC(C)=O.CO[C@H]1c2ccccc2C[C@H]1N.Cc1cc(Nc2ccnc(NC3CCC(N)CC3)n2)n[nH]1.O=C(Cl)Oc1ccccc1. The molecule has 4 aromatic carbocycles. The Bertz CT molecular complexity index is 3650. The maximum atomic E-state index is 12.9. The van der Waals surface area contributed by atoms with Crippen LogP contribution in [0.3, 0.4) is 0 Å². The molecule has 492 valence electrons. The van der Waals surface area contributed by atoms with Gasteiger partial charge >= 0.3 is 5.43 Å². The molecule has 8 aromatic rings. The predicted molar refractivity (Wildman–Crippen MR) is 363 cm³/mol. The number of halogens is 1. The number of rotatable bonds is 18. The first kappa shape index (κ1) is 68.9. The quantitative estimate of drug-likeness (QED) is 0.0370. The highest BCUT2D eigenvalue weighted by Crippen LogP contribution is 2.42. The van der Waals surface area contributed by atoms with Crippen molar-refractivity contribution in [1.29, 1.82) is 0 Å². The number of methoxy groups -OCH3 is 3. The fraction of sp³-hybridized carbons (Fsp3) is 0.423. The zero-order valence-corrected chi connectivity index (χ0v) is 54.8. The molecule has 5 aliphatic carbocycles. The molecule has 6 atom stereocenters. The summed E-state index contributed by atoms with van der Waals surface area (Å²) in [6.45, 7) is 5.56. The molecular weight excluding hydrogens is 1200 g/mol. The van der Waals surface area contributed by atoms with Crippen LogP contribution in [-0.4, -0.2) is 103 Å². The molecule has 4 heterocycles. The molecule has 21 nitrogen and oxygen atoms in total. The number of anilines is 6. The summed E-state index contributed by atoms with van der Waals surface area (Å²) >= 11 is 4.95. The number of aryl methyl sites for hydroxylation is 2. The molecule has 0 bridgehead atoms. The van der Waals surface area contributed by atoms with Crippen molar-refractivity contribution in [2.75, 3.05) is 42.6 Å². The van der Waals surface area contributed by atoms with Crippen LogP contribution in [-0.2, 0) is 43.1 Å². The largest absolute Gasteiger partial charge is 0.415 e. The van der Waals surface area contributed by atoms with Gasteiger partial charge in [0.2, 0.25) is 11.9 Å². The lowest BCUT2D eigenvalue weighted by Gasteiger charge is -2.29. The van der Waals surface area contributed by atoms with Crippen LogP contribution in [0.2, 0.25) is 0 Å². The van der Waals surface area contributed by atoms with E-state index in [4.69, 9.17) is 37.3 Å². The Hall–Kier alpha value is -8.44. The molecule has 5 aliphatic rings. The summed E-state index contributed by atoms with van der Waals surface area (Å²) in [6, 6.07) is 42.4. The number of carbonyl (C=O) groups is 3. The lowest BCUT2D eigenvalue weighted by Crippen LogP contribution is -2.33. The van der Waals surface area contributed by atoms with Gasteiger partial charge in [-0.2, -0.15) is 20.2 Å². The van der Waals surface area contributed by atoms with E-state index in [2.05, 4.69) is 115 Å². The van der Waals surface area contributed by atoms with E-state index in [0.29, 0.717) is 78.5 Å². The maximum absolute atomic E-state index is 12.9. The molecule has 22 heteroatoms. The van der Waals surface area contributed by atoms with Gasteiger partial charge in [-0.15, -0.1) is 0 Å². The van der Waals surface area contributed by atoms with Crippen LogP contribution in [0.25, 0.3) is 0 Å². The molecule has 0 radical (unpaired) electrons. The number of nitrogens with one attached hydrogen (secondary N) is 6. The minimum atomic E-state index is -0.814. The lowest BCUT2D eigenvalue weighted by atomic mass is 9.81. The van der Waals surface area contributed by atoms with Crippen molar-refractivity contribution in [3.63, 3.8) is 0 Å². The van der Waals surface area contributed by atoms with Gasteiger partial charge in [-0.25, -0.2) is 14.8 Å². The summed E-state index contributed by atoms with van der Waals surface area (Å²) < 4.78 is 21.1. The summed E-state index contributed by atoms with van der Waals surface area (Å²) in [5.41, 5.74) is 20.8. The Labute approximate surface area is 550 Å². The summed E-state index contributed by atoms with van der Waals surface area (Å²) in [5.74, 6) is 6.30. The Kier molecular flexibility index (Phi) is 25.5. The number of aromatic nitrogens is 8. The number of benzene rings is 4. The van der Waals surface area contributed by atoms with E-state index < -0.39 is 5.43 Å². The minimum absolute atomic E-state index is 0.0392. The van der Waals surface area contributed by atoms with Gasteiger partial charge in [0, 0.05) is 124 Å². The highest BCUT2D eigenvalue weighted by Gasteiger charge is 2.36. The monoisotopic (exact) mass is 1280 g/mol. The molecule has 4 aromatic heterocycles. The number of hydrogen-bond donors (Lipinski definition) is 8. The third-order valence-electron chi connectivity index (χ3n) is 17.5. The summed E-state index contributed by atoms with van der Waals surface area (Å²) in [4.78, 5) is 52.0. The number of H-pyrrole nitrogens is 2. The standard InChI is InChI=1S/C27H34N6O2.C14H21N7.C13H16O2.C10H13NO.C7H5ClO2/c1-17-13-25(33-32-17)30-24-11-12-28-27(31-24)29-21-9-7-18(8-10-21)14-22(34)16-20-15-19-5-3-4-6-23(19)26(20)35-2;1-9-8-13(21-20-9)18-12-6-7-16-14(19-12)17-11-4-2-10(15)3-5-11;1-9(14)7-11-8-10-5-3-4-6-12(10)13(11)15-2;1-12-10-8-5-3-2-4-7(8)6-9(10)11;8-7(9)10-6-4-2-1-3-5-6/h3-6,11-13,18,20-21,26H,7-10,14-16H2,1-2H3,(H3,28,29,30,31,32,33);6-8,10-11H,2-5,15H2,1H3,(H3,16,17,18,19,20,21);3-6,11,13H,7-8H2,1-2H3;2-5,9-10H,6,11H2,1H3;1-5H/t18?,20-,21?,26+;;11-,13-;9-,10+;/m0.11./s1. The van der Waals surface area contributed by atoms with Gasteiger partial charge in [0.15, 0.2) is 11.6 Å². The van der Waals surface area contributed by atoms with Crippen LogP contribution >= 0.6 is 11.6 Å².